The van der Waals surface area contributed by atoms with Crippen molar-refractivity contribution < 1.29 is 0 Å². The van der Waals surface area contributed by atoms with E-state index >= 15 is 0 Å². The fourth-order valence-electron chi connectivity index (χ4n) is 0. The summed E-state index contributed by atoms with van der Waals surface area (Å²) in [6.07, 6.45) is 0. The summed E-state index contributed by atoms with van der Waals surface area (Å²) in [6, 6.07) is 0. The molecule has 0 saturated carbocycles. The molecule has 0 nitrogen and oxygen atoms in total. The van der Waals surface area contributed by atoms with Gasteiger partial charge in [-0.25, -0.2) is 0 Å². The first-order valence-electron chi connectivity index (χ1n) is 1.73. The molecular weight excluding hydrogens is 224 g/mol. The van der Waals surface area contributed by atoms with Gasteiger partial charge in [0.1, 0.15) is 0 Å². The van der Waals surface area contributed by atoms with E-state index in [0.29, 0.717) is 0 Å². The van der Waals surface area contributed by atoms with Crippen molar-refractivity contribution in [2.45, 2.75) is 14.8 Å². The van der Waals surface area contributed by atoms with Gasteiger partial charge in [0.2, 0.25) is 0 Å². The molecule has 0 spiro atoms. The Morgan fingerprint density at radius 3 is 1.00 bits per heavy atom. The van der Waals surface area contributed by atoms with E-state index in [1.807, 2.05) is 0 Å². The van der Waals surface area contributed by atoms with Crippen LogP contribution in [0.15, 0.2) is 0 Å². The van der Waals surface area contributed by atoms with Crippen molar-refractivity contribution in [3.05, 3.63) is 0 Å². The van der Waals surface area contributed by atoms with E-state index in [-0.39, 0.29) is 19.8 Å². The van der Waals surface area contributed by atoms with Gasteiger partial charge in [0.25, 0.3) is 0 Å². The van der Waals surface area contributed by atoms with Crippen LogP contribution in [0.1, 0.15) is 0 Å². The van der Waals surface area contributed by atoms with Gasteiger partial charge in [-0.15, -0.1) is 0 Å². The molecule has 0 aliphatic rings. The third-order valence-corrected chi connectivity index (χ3v) is 0. The van der Waals surface area contributed by atoms with Gasteiger partial charge in [0, 0.05) is 0 Å². The van der Waals surface area contributed by atoms with Crippen molar-refractivity contribution in [3.63, 3.8) is 0 Å². The molecule has 0 bridgehead atoms. The van der Waals surface area contributed by atoms with E-state index in [0.717, 1.165) is 0 Å². The van der Waals surface area contributed by atoms with E-state index in [1.54, 1.807) is 0 Å². The normalized spacial score (nSPS) is 7.20. The molecule has 0 N–H and O–H groups in total. The van der Waals surface area contributed by atoms with Crippen molar-refractivity contribution in [3.8, 4) is 0 Å². The predicted octanol–water partition coefficient (Wildman–Crippen LogP) is -0.0810. The molecule has 0 radical (unpaired) electrons. The second kappa shape index (κ2) is 5.44. The second-order valence-electron chi connectivity index (χ2n) is 1.73. The topological polar surface area (TPSA) is 0 Å². The van der Waals surface area contributed by atoms with Crippen LogP contribution in [0.4, 0.5) is 0 Å². The molecule has 0 amide bonds. The summed E-state index contributed by atoms with van der Waals surface area (Å²) < 4.78 is 0. The molecule has 0 fully saturated rings. The minimum absolute atomic E-state index is 0. The molecule has 5 heavy (non-hydrogen) atoms. The van der Waals surface area contributed by atoms with Gasteiger partial charge in [-0.05, 0) is 0 Å². The van der Waals surface area contributed by atoms with Gasteiger partial charge in [0.05, 0.1) is 0 Å². The van der Waals surface area contributed by atoms with Gasteiger partial charge in [0.15, 0.2) is 0 Å². The van der Waals surface area contributed by atoms with E-state index < -0.39 is 19.8 Å². The number of hydrogen-bond donors (Lipinski definition) is 0. The number of rotatable bonds is 0. The van der Waals surface area contributed by atoms with Crippen LogP contribution in [0.3, 0.4) is 0 Å². The van der Waals surface area contributed by atoms with E-state index in [9.17, 15) is 0 Å². The monoisotopic (exact) mass is 238 g/mol. The summed E-state index contributed by atoms with van der Waals surface area (Å²) in [7, 11) is 0. The Morgan fingerprint density at radius 1 is 1.00 bits per heavy atom. The van der Waals surface area contributed by atoms with Crippen LogP contribution in [0.5, 0.6) is 0 Å². The van der Waals surface area contributed by atoms with Crippen molar-refractivity contribution in [1.82, 2.24) is 0 Å². The standard InChI is InChI=1S/3CH3.Ga.Sn.4H/h3*1H3;;;;;;. The second-order valence-corrected chi connectivity index (χ2v) is 11.6. The first-order valence-corrected chi connectivity index (χ1v) is 11.6. The first kappa shape index (κ1) is 9.66. The Balaban J connectivity index is 0. The molecule has 0 aliphatic carbocycles. The molecule has 0 atom stereocenters. The van der Waals surface area contributed by atoms with Crippen LogP contribution < -0.4 is 0 Å². The summed E-state index contributed by atoms with van der Waals surface area (Å²) in [5.74, 6) is 0. The SMILES string of the molecule is [CH3][SnH]([CH3])[CH3].[GaH3]. The summed E-state index contributed by atoms with van der Waals surface area (Å²) in [5.41, 5.74) is 0. The van der Waals surface area contributed by atoms with Gasteiger partial charge < -0.3 is 0 Å². The Bertz CT molecular complexity index is 11.6. The third-order valence-electron chi connectivity index (χ3n) is 0. The van der Waals surface area contributed by atoms with Crippen LogP contribution >= 0.6 is 0 Å². The quantitative estimate of drug-likeness (QED) is 0.517. The van der Waals surface area contributed by atoms with Crippen LogP contribution in [0.25, 0.3) is 0 Å². The Morgan fingerprint density at radius 2 is 1.00 bits per heavy atom. The van der Waals surface area contributed by atoms with E-state index in [1.165, 1.54) is 0 Å². The molecule has 0 saturated heterocycles. The van der Waals surface area contributed by atoms with Gasteiger partial charge in [-0.1, -0.05) is 0 Å². The fourth-order valence-corrected chi connectivity index (χ4v) is 0. The van der Waals surface area contributed by atoms with Crippen molar-refractivity contribution in [2.24, 2.45) is 0 Å². The van der Waals surface area contributed by atoms with Crippen molar-refractivity contribution in [1.29, 1.82) is 0 Å². The fraction of sp³-hybridized carbons (Fsp3) is 1.00. The molecule has 0 aromatic rings. The van der Waals surface area contributed by atoms with Crippen molar-refractivity contribution >= 4 is 39.6 Å². The summed E-state index contributed by atoms with van der Waals surface area (Å²) in [5, 5.41) is 0. The third kappa shape index (κ3) is 31.1. The van der Waals surface area contributed by atoms with E-state index in [2.05, 4.69) is 14.8 Å². The Labute approximate surface area is 54.1 Å². The molecule has 0 heterocycles. The zero-order chi connectivity index (χ0) is 3.58. The summed E-state index contributed by atoms with van der Waals surface area (Å²) >= 11 is -0.637. The maximum absolute atomic E-state index is 2.38. The van der Waals surface area contributed by atoms with Gasteiger partial charge >= 0.3 is 54.4 Å². The Hall–Kier alpha value is 1.44. The Kier molecular flexibility index (Phi) is 10.5. The molecule has 32 valence electrons. The zero-order valence-corrected chi connectivity index (χ0v) is 6.87. The van der Waals surface area contributed by atoms with Crippen LogP contribution in [-0.2, 0) is 0 Å². The predicted molar refractivity (Wildman–Crippen MR) is 34.7 cm³/mol. The van der Waals surface area contributed by atoms with E-state index in [4.69, 9.17) is 0 Å². The van der Waals surface area contributed by atoms with Gasteiger partial charge in [-0.2, -0.15) is 0 Å². The molecule has 2 heteroatoms. The van der Waals surface area contributed by atoms with Gasteiger partial charge in [-0.3, -0.25) is 0 Å². The van der Waals surface area contributed by atoms with Crippen LogP contribution in [0, 0.1) is 0 Å². The van der Waals surface area contributed by atoms with Crippen LogP contribution in [0.2, 0.25) is 14.8 Å². The average molecular weight is 238 g/mol. The summed E-state index contributed by atoms with van der Waals surface area (Å²) in [4.78, 5) is 7.13. The molecule has 0 aromatic carbocycles. The molecule has 0 unspecified atom stereocenters. The number of hydrogen-bond acceptors (Lipinski definition) is 0. The first-order chi connectivity index (χ1) is 1.73. The molecule has 0 aliphatic heterocycles. The zero-order valence-electron chi connectivity index (χ0n) is 3.58. The molecule has 0 rings (SSSR count). The minimum atomic E-state index is -0.637. The average Bonchev–Trinajstić information content (AvgIpc) is 0.811. The van der Waals surface area contributed by atoms with Crippen molar-refractivity contribution in [2.75, 3.05) is 0 Å². The molecule has 0 aromatic heterocycles. The maximum atomic E-state index is 2.38. The summed E-state index contributed by atoms with van der Waals surface area (Å²) in [6.45, 7) is 0. The molecular formula is C3H13GaSn. The van der Waals surface area contributed by atoms with Crippen LogP contribution in [-0.4, -0.2) is 39.6 Å².